The molecule has 0 saturated carbocycles. The largest absolute Gasteiger partial charge is 1.00 e. The van der Waals surface area contributed by atoms with Gasteiger partial charge in [-0.1, -0.05) is 96.5 Å². The van der Waals surface area contributed by atoms with Crippen LogP contribution in [0.2, 0.25) is 0 Å². The summed E-state index contributed by atoms with van der Waals surface area (Å²) in [6.07, 6.45) is 21.0. The molecule has 0 N–H and O–H groups in total. The Bertz CT molecular complexity index is 803. The summed E-state index contributed by atoms with van der Waals surface area (Å²) < 4.78 is 19.0. The molecule has 0 aliphatic carbocycles. The van der Waals surface area contributed by atoms with E-state index in [0.29, 0.717) is 6.61 Å². The second-order valence-corrected chi connectivity index (χ2v) is 10.9. The van der Waals surface area contributed by atoms with Gasteiger partial charge in [0.25, 0.3) is 0 Å². The zero-order valence-corrected chi connectivity index (χ0v) is 27.6. The lowest BCUT2D eigenvalue weighted by molar-refractivity contribution is -0.701. The van der Waals surface area contributed by atoms with E-state index in [0.717, 1.165) is 36.6 Å². The third-order valence-electron chi connectivity index (χ3n) is 7.55. The van der Waals surface area contributed by atoms with Crippen molar-refractivity contribution in [1.29, 1.82) is 0 Å². The Morgan fingerprint density at radius 3 is 1.98 bits per heavy atom. The van der Waals surface area contributed by atoms with Gasteiger partial charge in [0.1, 0.15) is 19.7 Å². The van der Waals surface area contributed by atoms with Crippen molar-refractivity contribution in [3.8, 4) is 0 Å². The van der Waals surface area contributed by atoms with Crippen molar-refractivity contribution in [3.63, 3.8) is 0 Å². The molecule has 1 aliphatic heterocycles. The molecule has 0 bridgehead atoms. The van der Waals surface area contributed by atoms with Gasteiger partial charge < -0.3 is 38.2 Å². The maximum atomic E-state index is 12.5. The van der Waals surface area contributed by atoms with E-state index in [9.17, 15) is 9.59 Å². The van der Waals surface area contributed by atoms with Crippen LogP contribution in [0.3, 0.4) is 0 Å². The lowest BCUT2D eigenvalue weighted by Gasteiger charge is -2.35. The molecule has 1 aromatic rings. The van der Waals surface area contributed by atoms with Crippen LogP contribution in [0.5, 0.6) is 0 Å². The molecule has 2 heterocycles. The zero-order valence-electron chi connectivity index (χ0n) is 25.4. The summed E-state index contributed by atoms with van der Waals surface area (Å²) in [7, 11) is 0. The van der Waals surface area contributed by atoms with E-state index in [-0.39, 0.29) is 55.2 Å². The first-order chi connectivity index (χ1) is 19.0. The van der Waals surface area contributed by atoms with Crippen LogP contribution in [0.25, 0.3) is 0 Å². The van der Waals surface area contributed by atoms with E-state index in [1.54, 1.807) is 0 Å². The highest BCUT2D eigenvalue weighted by Crippen LogP contribution is 2.22. The molecular formula is C32H55IN2O5. The van der Waals surface area contributed by atoms with Gasteiger partial charge in [-0.15, -0.1) is 0 Å². The van der Waals surface area contributed by atoms with Gasteiger partial charge in [-0.3, -0.25) is 4.79 Å². The third-order valence-corrected chi connectivity index (χ3v) is 7.55. The number of aromatic nitrogens is 1. The van der Waals surface area contributed by atoms with Crippen molar-refractivity contribution >= 4 is 12.0 Å². The molecule has 1 aromatic heterocycles. The first kappa shape index (κ1) is 36.8. The molecule has 2 atom stereocenters. The predicted molar refractivity (Wildman–Crippen MR) is 154 cm³/mol. The molecule has 8 heteroatoms. The van der Waals surface area contributed by atoms with Crippen LogP contribution >= 0.6 is 0 Å². The van der Waals surface area contributed by atoms with Crippen molar-refractivity contribution in [2.45, 2.75) is 142 Å². The number of hydrogen-bond donors (Lipinski definition) is 0. The number of carbonyl (C=O) groups excluding carboxylic acids is 2. The van der Waals surface area contributed by atoms with Crippen molar-refractivity contribution in [2.24, 2.45) is 0 Å². The molecule has 2 unspecified atom stereocenters. The smallest absolute Gasteiger partial charge is 0.417 e. The van der Waals surface area contributed by atoms with Gasteiger partial charge >= 0.3 is 6.09 Å². The molecule has 1 fully saturated rings. The Balaban J connectivity index is 0.00000800. The number of aryl methyl sites for hydroxylation is 1. The van der Waals surface area contributed by atoms with Crippen LogP contribution in [0, 0.1) is 0 Å². The second-order valence-electron chi connectivity index (χ2n) is 10.9. The van der Waals surface area contributed by atoms with Gasteiger partial charge in [0.2, 0.25) is 11.6 Å². The molecule has 1 saturated heterocycles. The average Bonchev–Trinajstić information content (AvgIpc) is 2.91. The Morgan fingerprint density at radius 2 is 1.43 bits per heavy atom. The third kappa shape index (κ3) is 15.7. The van der Waals surface area contributed by atoms with Gasteiger partial charge in [0.05, 0.1) is 18.8 Å². The van der Waals surface area contributed by atoms with Crippen molar-refractivity contribution in [3.05, 3.63) is 30.1 Å². The zero-order chi connectivity index (χ0) is 28.1. The fourth-order valence-electron chi connectivity index (χ4n) is 5.05. The SMILES string of the molecule is CCCCCCCCCCCCCCCCOCC1CC(COC(=O)N(Cc2cccc[n+]2CC)C(C)=O)O1.[I-]. The summed E-state index contributed by atoms with van der Waals surface area (Å²) >= 11 is 0. The topological polar surface area (TPSA) is 69.0 Å². The van der Waals surface area contributed by atoms with E-state index in [1.807, 2.05) is 35.9 Å². The van der Waals surface area contributed by atoms with Gasteiger partial charge in [-0.2, -0.15) is 0 Å². The summed E-state index contributed by atoms with van der Waals surface area (Å²) in [6.45, 7) is 8.15. The van der Waals surface area contributed by atoms with Gasteiger partial charge in [0.15, 0.2) is 6.20 Å². The molecule has 1 aliphatic rings. The highest BCUT2D eigenvalue weighted by atomic mass is 127. The summed E-state index contributed by atoms with van der Waals surface area (Å²) in [5.74, 6) is -0.337. The number of hydrogen-bond acceptors (Lipinski definition) is 5. The van der Waals surface area contributed by atoms with E-state index in [1.165, 1.54) is 90.4 Å². The van der Waals surface area contributed by atoms with Crippen LogP contribution in [0.1, 0.15) is 123 Å². The Hall–Kier alpha value is -1.26. The van der Waals surface area contributed by atoms with Crippen LogP contribution in [-0.2, 0) is 32.1 Å². The normalized spacial score (nSPS) is 16.2. The standard InChI is InChI=1S/C32H55N2O5.HI/c1-4-6-7-8-9-10-11-12-13-14-15-16-17-20-23-37-26-30-24-31(39-30)27-38-32(36)34(28(3)35)25-29-21-18-19-22-33(29)5-2;/h18-19,21-22,30-31H,4-17,20,23-27H2,1-3H3;1H/q+1;/p-1. The number of imide groups is 1. The number of amides is 2. The maximum Gasteiger partial charge on any atom is 0.417 e. The number of rotatable bonds is 22. The monoisotopic (exact) mass is 674 g/mol. The van der Waals surface area contributed by atoms with Gasteiger partial charge in [-0.25, -0.2) is 14.3 Å². The first-order valence-electron chi connectivity index (χ1n) is 15.7. The molecule has 7 nitrogen and oxygen atoms in total. The Kier molecular flexibility index (Phi) is 21.4. The molecule has 230 valence electrons. The minimum Gasteiger partial charge on any atom is -1.00 e. The van der Waals surface area contributed by atoms with E-state index < -0.39 is 6.09 Å². The van der Waals surface area contributed by atoms with Crippen LogP contribution in [0.4, 0.5) is 4.79 Å². The minimum atomic E-state index is -0.630. The highest BCUT2D eigenvalue weighted by Gasteiger charge is 2.32. The molecule has 0 spiro atoms. The number of ether oxygens (including phenoxy) is 3. The lowest BCUT2D eigenvalue weighted by atomic mass is 10.0. The number of pyridine rings is 1. The molecule has 0 aromatic carbocycles. The minimum absolute atomic E-state index is 0. The Labute approximate surface area is 260 Å². The van der Waals surface area contributed by atoms with Crippen molar-refractivity contribution < 1.29 is 52.3 Å². The van der Waals surface area contributed by atoms with Crippen LogP contribution < -0.4 is 28.5 Å². The Morgan fingerprint density at radius 1 is 0.875 bits per heavy atom. The molecule has 0 radical (unpaired) electrons. The van der Waals surface area contributed by atoms with E-state index in [2.05, 4.69) is 6.92 Å². The van der Waals surface area contributed by atoms with Crippen LogP contribution in [-0.4, -0.2) is 48.9 Å². The van der Waals surface area contributed by atoms with E-state index >= 15 is 0 Å². The molecule has 2 amide bonds. The number of carbonyl (C=O) groups is 2. The lowest BCUT2D eigenvalue weighted by Crippen LogP contribution is -3.00. The quantitative estimate of drug-likeness (QED) is 0.105. The predicted octanol–water partition coefficient (Wildman–Crippen LogP) is 4.14. The number of halogens is 1. The average molecular weight is 675 g/mol. The molecule has 40 heavy (non-hydrogen) atoms. The summed E-state index contributed by atoms with van der Waals surface area (Å²) in [6, 6.07) is 5.73. The fourth-order valence-corrected chi connectivity index (χ4v) is 5.05. The second kappa shape index (κ2) is 23.3. The van der Waals surface area contributed by atoms with Crippen molar-refractivity contribution in [2.75, 3.05) is 19.8 Å². The van der Waals surface area contributed by atoms with Gasteiger partial charge in [-0.05, 0) is 13.3 Å². The number of nitrogens with zero attached hydrogens (tertiary/aromatic N) is 2. The summed E-state index contributed by atoms with van der Waals surface area (Å²) in [4.78, 5) is 25.7. The van der Waals surface area contributed by atoms with Crippen LogP contribution in [0.15, 0.2) is 24.4 Å². The molecule has 2 rings (SSSR count). The molecular weight excluding hydrogens is 619 g/mol. The van der Waals surface area contributed by atoms with Gasteiger partial charge in [0, 0.05) is 32.1 Å². The maximum absolute atomic E-state index is 12.5. The summed E-state index contributed by atoms with van der Waals surface area (Å²) in [5.41, 5.74) is 0.878. The summed E-state index contributed by atoms with van der Waals surface area (Å²) in [5, 5.41) is 0. The highest BCUT2D eigenvalue weighted by molar-refractivity contribution is 5.90. The van der Waals surface area contributed by atoms with E-state index in [4.69, 9.17) is 14.2 Å². The fraction of sp³-hybridized carbons (Fsp3) is 0.781. The number of unbranched alkanes of at least 4 members (excludes halogenated alkanes) is 13. The van der Waals surface area contributed by atoms with Crippen molar-refractivity contribution in [1.82, 2.24) is 4.90 Å². The first-order valence-corrected chi connectivity index (χ1v) is 15.7.